The Morgan fingerprint density at radius 1 is 1.27 bits per heavy atom. The molecular weight excluding hydrogens is 272 g/mol. The molecule has 1 fully saturated rings. The van der Waals surface area contributed by atoms with Gasteiger partial charge in [0.15, 0.2) is 5.96 Å². The Hall–Kier alpha value is -0.770. The first-order valence-corrected chi connectivity index (χ1v) is 9.07. The first-order valence-electron chi connectivity index (χ1n) is 9.07. The fourth-order valence-corrected chi connectivity index (χ4v) is 3.17. The molecular formula is C18H38N4. The quantitative estimate of drug-likeness (QED) is 0.445. The predicted molar refractivity (Wildman–Crippen MR) is 97.5 cm³/mol. The van der Waals surface area contributed by atoms with Crippen molar-refractivity contribution in [2.24, 2.45) is 16.3 Å². The number of likely N-dealkylation sites (tertiary alicyclic amines) is 1. The SMILES string of the molecule is CCN(CC)CC1CCN(C(=NC)NCCCC(C)(C)C)C1. The number of guanidine groups is 1. The summed E-state index contributed by atoms with van der Waals surface area (Å²) < 4.78 is 0. The number of hydrogen-bond acceptors (Lipinski definition) is 2. The Kier molecular flexibility index (Phi) is 8.23. The van der Waals surface area contributed by atoms with Gasteiger partial charge in [-0.3, -0.25) is 4.99 Å². The summed E-state index contributed by atoms with van der Waals surface area (Å²) >= 11 is 0. The first-order chi connectivity index (χ1) is 10.4. The summed E-state index contributed by atoms with van der Waals surface area (Å²) in [6, 6.07) is 0. The smallest absolute Gasteiger partial charge is 0.193 e. The zero-order valence-corrected chi connectivity index (χ0v) is 15.8. The van der Waals surface area contributed by atoms with Crippen LogP contribution in [0, 0.1) is 11.3 Å². The molecule has 0 aromatic rings. The maximum Gasteiger partial charge on any atom is 0.193 e. The zero-order valence-electron chi connectivity index (χ0n) is 15.8. The fourth-order valence-electron chi connectivity index (χ4n) is 3.17. The van der Waals surface area contributed by atoms with Crippen molar-refractivity contribution in [3.05, 3.63) is 0 Å². The van der Waals surface area contributed by atoms with E-state index in [4.69, 9.17) is 0 Å². The highest BCUT2D eigenvalue weighted by Gasteiger charge is 2.25. The summed E-state index contributed by atoms with van der Waals surface area (Å²) in [7, 11) is 1.91. The Morgan fingerprint density at radius 2 is 1.95 bits per heavy atom. The van der Waals surface area contributed by atoms with Gasteiger partial charge in [0.05, 0.1) is 0 Å². The van der Waals surface area contributed by atoms with Gasteiger partial charge in [0, 0.05) is 33.2 Å². The maximum atomic E-state index is 4.48. The molecule has 0 radical (unpaired) electrons. The van der Waals surface area contributed by atoms with E-state index in [9.17, 15) is 0 Å². The molecule has 0 aromatic carbocycles. The minimum absolute atomic E-state index is 0.424. The molecule has 1 N–H and O–H groups in total. The Bertz CT molecular complexity index is 328. The van der Waals surface area contributed by atoms with E-state index in [0.29, 0.717) is 5.41 Å². The maximum absolute atomic E-state index is 4.48. The molecule has 1 atom stereocenters. The molecule has 130 valence electrons. The molecule has 1 heterocycles. The summed E-state index contributed by atoms with van der Waals surface area (Å²) in [6.45, 7) is 18.3. The van der Waals surface area contributed by atoms with Crippen LogP contribution >= 0.6 is 0 Å². The average molecular weight is 311 g/mol. The van der Waals surface area contributed by atoms with Crippen molar-refractivity contribution in [2.75, 3.05) is 46.3 Å². The number of rotatable bonds is 7. The van der Waals surface area contributed by atoms with Gasteiger partial charge in [-0.1, -0.05) is 34.6 Å². The van der Waals surface area contributed by atoms with Crippen molar-refractivity contribution in [3.63, 3.8) is 0 Å². The highest BCUT2D eigenvalue weighted by Crippen LogP contribution is 2.20. The van der Waals surface area contributed by atoms with Gasteiger partial charge < -0.3 is 15.1 Å². The van der Waals surface area contributed by atoms with Gasteiger partial charge in [-0.05, 0) is 43.7 Å². The van der Waals surface area contributed by atoms with E-state index in [1.807, 2.05) is 7.05 Å². The van der Waals surface area contributed by atoms with Crippen molar-refractivity contribution in [3.8, 4) is 0 Å². The van der Waals surface area contributed by atoms with E-state index in [1.54, 1.807) is 0 Å². The van der Waals surface area contributed by atoms with Crippen molar-refractivity contribution < 1.29 is 0 Å². The summed E-state index contributed by atoms with van der Waals surface area (Å²) in [4.78, 5) is 9.45. The topological polar surface area (TPSA) is 30.9 Å². The fraction of sp³-hybridized carbons (Fsp3) is 0.944. The molecule has 0 saturated carbocycles. The largest absolute Gasteiger partial charge is 0.356 e. The highest BCUT2D eigenvalue weighted by molar-refractivity contribution is 5.80. The van der Waals surface area contributed by atoms with E-state index in [1.165, 1.54) is 25.8 Å². The second-order valence-electron chi connectivity index (χ2n) is 7.72. The van der Waals surface area contributed by atoms with Crippen molar-refractivity contribution in [2.45, 2.75) is 53.9 Å². The minimum atomic E-state index is 0.424. The van der Waals surface area contributed by atoms with Gasteiger partial charge in [-0.2, -0.15) is 0 Å². The van der Waals surface area contributed by atoms with Crippen LogP contribution in [-0.2, 0) is 0 Å². The van der Waals surface area contributed by atoms with Crippen LogP contribution in [0.5, 0.6) is 0 Å². The van der Waals surface area contributed by atoms with Crippen LogP contribution in [0.25, 0.3) is 0 Å². The Balaban J connectivity index is 2.33. The lowest BCUT2D eigenvalue weighted by atomic mass is 9.91. The monoisotopic (exact) mass is 310 g/mol. The molecule has 1 aliphatic rings. The minimum Gasteiger partial charge on any atom is -0.356 e. The summed E-state index contributed by atoms with van der Waals surface area (Å²) in [5.74, 6) is 1.88. The van der Waals surface area contributed by atoms with Crippen LogP contribution in [-0.4, -0.2) is 62.1 Å². The van der Waals surface area contributed by atoms with Gasteiger partial charge in [0.2, 0.25) is 0 Å². The van der Waals surface area contributed by atoms with Gasteiger partial charge in [-0.15, -0.1) is 0 Å². The second kappa shape index (κ2) is 9.39. The molecule has 4 heteroatoms. The standard InChI is InChI=1S/C18H38N4/c1-7-21(8-2)14-16-10-13-22(15-16)17(19-6)20-12-9-11-18(3,4)5/h16H,7-15H2,1-6H3,(H,19,20). The van der Waals surface area contributed by atoms with E-state index in [-0.39, 0.29) is 0 Å². The lowest BCUT2D eigenvalue weighted by Gasteiger charge is -2.25. The Morgan fingerprint density at radius 3 is 2.50 bits per heavy atom. The molecule has 1 aliphatic heterocycles. The lowest BCUT2D eigenvalue weighted by molar-refractivity contribution is 0.255. The molecule has 0 amide bonds. The van der Waals surface area contributed by atoms with Crippen LogP contribution in [0.4, 0.5) is 0 Å². The average Bonchev–Trinajstić information content (AvgIpc) is 2.92. The normalized spacial score (nSPS) is 20.0. The molecule has 0 aliphatic carbocycles. The molecule has 0 aromatic heterocycles. The first kappa shape index (κ1) is 19.3. The number of aliphatic imine (C=N–C) groups is 1. The van der Waals surface area contributed by atoms with Crippen LogP contribution in [0.1, 0.15) is 53.9 Å². The van der Waals surface area contributed by atoms with Crippen LogP contribution in [0.15, 0.2) is 4.99 Å². The van der Waals surface area contributed by atoms with Crippen LogP contribution in [0.3, 0.4) is 0 Å². The van der Waals surface area contributed by atoms with E-state index >= 15 is 0 Å². The summed E-state index contributed by atoms with van der Waals surface area (Å²) in [6.07, 6.45) is 3.75. The van der Waals surface area contributed by atoms with Crippen LogP contribution in [0.2, 0.25) is 0 Å². The number of nitrogens with one attached hydrogen (secondary N) is 1. The number of nitrogens with zero attached hydrogens (tertiary/aromatic N) is 3. The number of hydrogen-bond donors (Lipinski definition) is 1. The van der Waals surface area contributed by atoms with E-state index in [2.05, 4.69) is 54.7 Å². The lowest BCUT2D eigenvalue weighted by Crippen LogP contribution is -2.41. The van der Waals surface area contributed by atoms with Gasteiger partial charge in [0.1, 0.15) is 0 Å². The summed E-state index contributed by atoms with van der Waals surface area (Å²) in [5.41, 5.74) is 0.424. The van der Waals surface area contributed by atoms with Crippen molar-refractivity contribution >= 4 is 5.96 Å². The predicted octanol–water partition coefficient (Wildman–Crippen LogP) is 3.05. The molecule has 1 saturated heterocycles. The van der Waals surface area contributed by atoms with Crippen molar-refractivity contribution in [1.29, 1.82) is 0 Å². The molecule has 0 spiro atoms. The van der Waals surface area contributed by atoms with Gasteiger partial charge in [0.25, 0.3) is 0 Å². The highest BCUT2D eigenvalue weighted by atomic mass is 15.3. The van der Waals surface area contributed by atoms with Crippen molar-refractivity contribution in [1.82, 2.24) is 15.1 Å². The molecule has 1 unspecified atom stereocenters. The van der Waals surface area contributed by atoms with Gasteiger partial charge >= 0.3 is 0 Å². The van der Waals surface area contributed by atoms with Crippen LogP contribution < -0.4 is 5.32 Å². The second-order valence-corrected chi connectivity index (χ2v) is 7.72. The Labute approximate surface area is 138 Å². The summed E-state index contributed by atoms with van der Waals surface area (Å²) in [5, 5.41) is 3.55. The van der Waals surface area contributed by atoms with E-state index in [0.717, 1.165) is 44.6 Å². The zero-order chi connectivity index (χ0) is 16.6. The third-order valence-electron chi connectivity index (χ3n) is 4.59. The third kappa shape index (κ3) is 6.99. The molecule has 4 nitrogen and oxygen atoms in total. The molecule has 1 rings (SSSR count). The van der Waals surface area contributed by atoms with E-state index < -0.39 is 0 Å². The third-order valence-corrected chi connectivity index (χ3v) is 4.59. The molecule has 0 bridgehead atoms. The molecule has 22 heavy (non-hydrogen) atoms. The van der Waals surface area contributed by atoms with Gasteiger partial charge in [-0.25, -0.2) is 0 Å².